The number of hydrogen-bond donors (Lipinski definition) is 1. The number of likely N-dealkylation sites (tertiary alicyclic amines) is 1. The van der Waals surface area contributed by atoms with Gasteiger partial charge in [-0.05, 0) is 55.3 Å². The number of H-pyrrole nitrogens is 1. The first-order valence-corrected chi connectivity index (χ1v) is 9.50. The lowest BCUT2D eigenvalue weighted by Gasteiger charge is -2.47. The standard InChI is InChI=1S/C21H27N3/c1-3-10-24-13-14(8-9-22)11-16-15-6-5-7-19-21(15)17(12-20(16)24)18(4-2)23-19/h5-7,14,16,20,23H,3-4,8,10-13H2,1-2H3/t14-,16?,20-/m1/s1. The number of aromatic nitrogens is 1. The van der Waals surface area contributed by atoms with Gasteiger partial charge in [-0.1, -0.05) is 26.0 Å². The molecule has 1 saturated heterocycles. The Kier molecular flexibility index (Phi) is 4.10. The summed E-state index contributed by atoms with van der Waals surface area (Å²) in [6, 6.07) is 9.80. The highest BCUT2D eigenvalue weighted by molar-refractivity contribution is 5.89. The van der Waals surface area contributed by atoms with Crippen LogP contribution < -0.4 is 0 Å². The zero-order valence-corrected chi connectivity index (χ0v) is 14.8. The minimum Gasteiger partial charge on any atom is -0.358 e. The lowest BCUT2D eigenvalue weighted by atomic mass is 9.71. The van der Waals surface area contributed by atoms with Crippen LogP contribution in [0.5, 0.6) is 0 Å². The topological polar surface area (TPSA) is 42.8 Å². The summed E-state index contributed by atoms with van der Waals surface area (Å²) in [5, 5.41) is 10.7. The van der Waals surface area contributed by atoms with Gasteiger partial charge in [0.1, 0.15) is 0 Å². The molecule has 3 heteroatoms. The molecule has 0 radical (unpaired) electrons. The molecule has 1 aliphatic heterocycles. The molecule has 2 heterocycles. The zero-order valence-electron chi connectivity index (χ0n) is 14.8. The van der Waals surface area contributed by atoms with Gasteiger partial charge in [0.05, 0.1) is 6.07 Å². The Bertz CT molecular complexity index is 782. The molecule has 3 atom stereocenters. The second-order valence-electron chi connectivity index (χ2n) is 7.54. The first kappa shape index (κ1) is 15.7. The second kappa shape index (κ2) is 6.26. The van der Waals surface area contributed by atoms with E-state index >= 15 is 0 Å². The molecule has 24 heavy (non-hydrogen) atoms. The fourth-order valence-corrected chi connectivity index (χ4v) is 5.18. The van der Waals surface area contributed by atoms with Gasteiger partial charge < -0.3 is 4.98 Å². The van der Waals surface area contributed by atoms with Crippen molar-refractivity contribution in [3.05, 3.63) is 35.0 Å². The molecule has 1 N–H and O–H groups in total. The average molecular weight is 321 g/mol. The third kappa shape index (κ3) is 2.36. The van der Waals surface area contributed by atoms with E-state index in [0.717, 1.165) is 19.5 Å². The fourth-order valence-electron chi connectivity index (χ4n) is 5.18. The van der Waals surface area contributed by atoms with Crippen molar-refractivity contribution in [1.82, 2.24) is 9.88 Å². The number of nitriles is 1. The number of nitrogens with zero attached hydrogens (tertiary/aromatic N) is 2. The van der Waals surface area contributed by atoms with E-state index in [2.05, 4.69) is 48.0 Å². The Morgan fingerprint density at radius 2 is 2.21 bits per heavy atom. The number of aryl methyl sites for hydroxylation is 1. The van der Waals surface area contributed by atoms with Crippen LogP contribution in [0.4, 0.5) is 0 Å². The average Bonchev–Trinajstić information content (AvgIpc) is 2.96. The van der Waals surface area contributed by atoms with E-state index in [1.807, 2.05) is 0 Å². The van der Waals surface area contributed by atoms with E-state index in [1.165, 1.54) is 41.4 Å². The number of benzene rings is 1. The highest BCUT2D eigenvalue weighted by atomic mass is 15.2. The third-order valence-electron chi connectivity index (χ3n) is 6.12. The lowest BCUT2D eigenvalue weighted by Crippen LogP contribution is -2.50. The normalized spacial score (nSPS) is 26.3. The summed E-state index contributed by atoms with van der Waals surface area (Å²) in [5.41, 5.74) is 5.82. The number of rotatable bonds is 4. The summed E-state index contributed by atoms with van der Waals surface area (Å²) >= 11 is 0. The molecule has 1 aromatic carbocycles. The number of nitrogens with one attached hydrogen (secondary N) is 1. The summed E-state index contributed by atoms with van der Waals surface area (Å²) in [6.07, 6.45) is 5.30. The van der Waals surface area contributed by atoms with Crippen LogP contribution in [0, 0.1) is 17.2 Å². The first-order valence-electron chi connectivity index (χ1n) is 9.50. The van der Waals surface area contributed by atoms with E-state index in [0.29, 0.717) is 24.3 Å². The van der Waals surface area contributed by atoms with Crippen molar-refractivity contribution in [1.29, 1.82) is 5.26 Å². The van der Waals surface area contributed by atoms with Gasteiger partial charge in [0, 0.05) is 41.5 Å². The summed E-state index contributed by atoms with van der Waals surface area (Å²) < 4.78 is 0. The predicted octanol–water partition coefficient (Wildman–Crippen LogP) is 4.38. The fraction of sp³-hybridized carbons (Fsp3) is 0.571. The first-order chi connectivity index (χ1) is 11.8. The maximum Gasteiger partial charge on any atom is 0.0625 e. The van der Waals surface area contributed by atoms with Crippen molar-refractivity contribution in [2.45, 2.75) is 57.9 Å². The Morgan fingerprint density at radius 1 is 1.33 bits per heavy atom. The molecule has 2 aliphatic rings. The van der Waals surface area contributed by atoms with Crippen LogP contribution in [0.3, 0.4) is 0 Å². The van der Waals surface area contributed by atoms with Crippen LogP contribution in [0.25, 0.3) is 10.9 Å². The van der Waals surface area contributed by atoms with Crippen LogP contribution in [0.1, 0.15) is 55.8 Å². The van der Waals surface area contributed by atoms with Crippen LogP contribution in [-0.2, 0) is 12.8 Å². The molecule has 3 nitrogen and oxygen atoms in total. The molecule has 126 valence electrons. The van der Waals surface area contributed by atoms with Gasteiger partial charge in [-0.2, -0.15) is 5.26 Å². The summed E-state index contributed by atoms with van der Waals surface area (Å²) in [5.74, 6) is 1.10. The number of aromatic amines is 1. The third-order valence-corrected chi connectivity index (χ3v) is 6.12. The number of hydrogen-bond acceptors (Lipinski definition) is 2. The summed E-state index contributed by atoms with van der Waals surface area (Å²) in [6.45, 7) is 6.77. The monoisotopic (exact) mass is 321 g/mol. The van der Waals surface area contributed by atoms with Crippen LogP contribution in [0.2, 0.25) is 0 Å². The molecule has 0 amide bonds. The summed E-state index contributed by atoms with van der Waals surface area (Å²) in [4.78, 5) is 6.35. The molecule has 0 saturated carbocycles. The predicted molar refractivity (Wildman–Crippen MR) is 98.1 cm³/mol. The SMILES string of the molecule is CCCN1C[C@H](CC#N)CC2c3cccc4[nH]c(CC)c(c34)C[C@H]21. The molecule has 1 aliphatic carbocycles. The van der Waals surface area contributed by atoms with Crippen LogP contribution >= 0.6 is 0 Å². The van der Waals surface area contributed by atoms with Gasteiger partial charge in [0.15, 0.2) is 0 Å². The van der Waals surface area contributed by atoms with Crippen LogP contribution in [-0.4, -0.2) is 29.0 Å². The maximum absolute atomic E-state index is 9.20. The molecular weight excluding hydrogens is 294 g/mol. The van der Waals surface area contributed by atoms with E-state index in [1.54, 1.807) is 5.56 Å². The molecule has 1 fully saturated rings. The van der Waals surface area contributed by atoms with Crippen molar-refractivity contribution >= 4 is 10.9 Å². The largest absolute Gasteiger partial charge is 0.358 e. The van der Waals surface area contributed by atoms with Gasteiger partial charge in [0.2, 0.25) is 0 Å². The Morgan fingerprint density at radius 3 is 2.96 bits per heavy atom. The van der Waals surface area contributed by atoms with Crippen molar-refractivity contribution in [2.24, 2.45) is 5.92 Å². The molecular formula is C21H27N3. The Labute approximate surface area is 144 Å². The molecule has 0 spiro atoms. The van der Waals surface area contributed by atoms with Gasteiger partial charge in [-0.25, -0.2) is 0 Å². The minimum absolute atomic E-state index is 0.518. The highest BCUT2D eigenvalue weighted by Gasteiger charge is 2.40. The number of fused-ring (bicyclic) bond motifs is 2. The van der Waals surface area contributed by atoms with Crippen molar-refractivity contribution < 1.29 is 0 Å². The molecule has 1 aromatic heterocycles. The molecule has 1 unspecified atom stereocenters. The second-order valence-corrected chi connectivity index (χ2v) is 7.54. The Balaban J connectivity index is 1.81. The van der Waals surface area contributed by atoms with Gasteiger partial charge in [-0.15, -0.1) is 0 Å². The van der Waals surface area contributed by atoms with Crippen molar-refractivity contribution in [3.8, 4) is 6.07 Å². The van der Waals surface area contributed by atoms with E-state index in [4.69, 9.17) is 0 Å². The molecule has 4 rings (SSSR count). The molecule has 0 bridgehead atoms. The summed E-state index contributed by atoms with van der Waals surface area (Å²) in [7, 11) is 0. The number of piperidine rings is 1. The highest BCUT2D eigenvalue weighted by Crippen LogP contribution is 2.46. The zero-order chi connectivity index (χ0) is 16.7. The van der Waals surface area contributed by atoms with Crippen molar-refractivity contribution in [2.75, 3.05) is 13.1 Å². The lowest BCUT2D eigenvalue weighted by molar-refractivity contribution is 0.0860. The smallest absolute Gasteiger partial charge is 0.0625 e. The van der Waals surface area contributed by atoms with Gasteiger partial charge in [-0.3, -0.25) is 4.90 Å². The quantitative estimate of drug-likeness (QED) is 0.908. The van der Waals surface area contributed by atoms with Gasteiger partial charge in [0.25, 0.3) is 0 Å². The van der Waals surface area contributed by atoms with E-state index < -0.39 is 0 Å². The Hall–Kier alpha value is -1.79. The van der Waals surface area contributed by atoms with E-state index in [-0.39, 0.29) is 0 Å². The van der Waals surface area contributed by atoms with E-state index in [9.17, 15) is 5.26 Å². The van der Waals surface area contributed by atoms with Crippen molar-refractivity contribution in [3.63, 3.8) is 0 Å². The van der Waals surface area contributed by atoms with Crippen LogP contribution in [0.15, 0.2) is 18.2 Å². The van der Waals surface area contributed by atoms with Gasteiger partial charge >= 0.3 is 0 Å². The minimum atomic E-state index is 0.518. The maximum atomic E-state index is 9.20. The molecule has 2 aromatic rings.